The number of amides is 1. The number of hydrogen-bond donors (Lipinski definition) is 2. The fourth-order valence-electron chi connectivity index (χ4n) is 1.82. The fraction of sp³-hybridized carbons (Fsp3) is 0.214. The predicted octanol–water partition coefficient (Wildman–Crippen LogP) is 2.87. The van der Waals surface area contributed by atoms with Crippen LogP contribution in [0.15, 0.2) is 35.7 Å². The van der Waals surface area contributed by atoms with Gasteiger partial charge in [-0.15, -0.1) is 11.3 Å². The van der Waals surface area contributed by atoms with Gasteiger partial charge in [-0.2, -0.15) is 0 Å². The van der Waals surface area contributed by atoms with Crippen LogP contribution in [0.5, 0.6) is 5.75 Å². The molecule has 3 N–H and O–H groups in total. The molecule has 1 amide bonds. The third-order valence-corrected chi connectivity index (χ3v) is 4.17. The van der Waals surface area contributed by atoms with E-state index in [1.807, 2.05) is 24.4 Å². The van der Waals surface area contributed by atoms with Crippen molar-refractivity contribution < 1.29 is 9.90 Å². The first-order valence-corrected chi connectivity index (χ1v) is 6.77. The van der Waals surface area contributed by atoms with E-state index in [0.717, 1.165) is 4.88 Å². The molecule has 0 fully saturated rings. The normalized spacial score (nSPS) is 12.1. The lowest BCUT2D eigenvalue weighted by Crippen LogP contribution is -2.29. The summed E-state index contributed by atoms with van der Waals surface area (Å²) in [5.74, 6) is -0.163. The summed E-state index contributed by atoms with van der Waals surface area (Å²) in [4.78, 5) is 15.1. The van der Waals surface area contributed by atoms with Gasteiger partial charge < -0.3 is 15.7 Å². The van der Waals surface area contributed by atoms with E-state index in [0.29, 0.717) is 11.3 Å². The van der Waals surface area contributed by atoms with Crippen LogP contribution < -0.4 is 5.73 Å². The molecule has 2 rings (SSSR count). The minimum Gasteiger partial charge on any atom is -0.508 e. The van der Waals surface area contributed by atoms with Crippen LogP contribution in [-0.4, -0.2) is 23.0 Å². The van der Waals surface area contributed by atoms with Gasteiger partial charge in [0, 0.05) is 17.6 Å². The smallest absolute Gasteiger partial charge is 0.256 e. The fourth-order valence-corrected chi connectivity index (χ4v) is 2.64. The predicted molar refractivity (Wildman–Crippen MR) is 77.3 cm³/mol. The number of aromatic hydroxyl groups is 1. The largest absolute Gasteiger partial charge is 0.508 e. The molecular weight excluding hydrogens is 260 g/mol. The van der Waals surface area contributed by atoms with Gasteiger partial charge in [-0.1, -0.05) is 6.07 Å². The maximum atomic E-state index is 12.4. The highest BCUT2D eigenvalue weighted by atomic mass is 32.1. The van der Waals surface area contributed by atoms with Crippen LogP contribution >= 0.6 is 11.3 Å². The van der Waals surface area contributed by atoms with Gasteiger partial charge >= 0.3 is 0 Å². The first-order valence-electron chi connectivity index (χ1n) is 5.89. The van der Waals surface area contributed by atoms with Crippen molar-refractivity contribution in [2.24, 2.45) is 0 Å². The number of carbonyl (C=O) groups excluding carboxylic acids is 1. The van der Waals surface area contributed by atoms with Gasteiger partial charge in [-0.3, -0.25) is 4.79 Å². The number of nitrogens with two attached hydrogens (primary N) is 1. The Kier molecular flexibility index (Phi) is 3.76. The molecule has 1 aromatic heterocycles. The molecule has 1 atom stereocenters. The van der Waals surface area contributed by atoms with Crippen LogP contribution in [0.1, 0.15) is 28.2 Å². The van der Waals surface area contributed by atoms with E-state index in [4.69, 9.17) is 5.73 Å². The molecule has 0 radical (unpaired) electrons. The van der Waals surface area contributed by atoms with Crippen LogP contribution in [0.25, 0.3) is 0 Å². The van der Waals surface area contributed by atoms with Gasteiger partial charge in [0.2, 0.25) is 0 Å². The number of hydrogen-bond acceptors (Lipinski definition) is 4. The molecule has 0 bridgehead atoms. The Morgan fingerprint density at radius 3 is 2.79 bits per heavy atom. The van der Waals surface area contributed by atoms with Crippen molar-refractivity contribution in [2.75, 3.05) is 12.8 Å². The zero-order valence-corrected chi connectivity index (χ0v) is 11.6. The zero-order valence-electron chi connectivity index (χ0n) is 10.8. The second-order valence-electron chi connectivity index (χ2n) is 4.38. The van der Waals surface area contributed by atoms with Gasteiger partial charge in [0.15, 0.2) is 0 Å². The molecule has 4 nitrogen and oxygen atoms in total. The van der Waals surface area contributed by atoms with Crippen LogP contribution in [0.4, 0.5) is 5.69 Å². The summed E-state index contributed by atoms with van der Waals surface area (Å²) in [6.07, 6.45) is 0. The second-order valence-corrected chi connectivity index (χ2v) is 5.36. The molecule has 0 aliphatic rings. The van der Waals surface area contributed by atoms with Crippen LogP contribution in [0, 0.1) is 0 Å². The summed E-state index contributed by atoms with van der Waals surface area (Å²) in [6.45, 7) is 1.96. The lowest BCUT2D eigenvalue weighted by molar-refractivity contribution is 0.0745. The number of phenolic OH excluding ortho intramolecular Hbond substituents is 1. The van der Waals surface area contributed by atoms with E-state index in [1.165, 1.54) is 18.2 Å². The van der Waals surface area contributed by atoms with E-state index in [-0.39, 0.29) is 17.7 Å². The molecule has 5 heteroatoms. The first kappa shape index (κ1) is 13.4. The van der Waals surface area contributed by atoms with Crippen LogP contribution in [0.2, 0.25) is 0 Å². The zero-order chi connectivity index (χ0) is 14.0. The molecule has 0 saturated heterocycles. The van der Waals surface area contributed by atoms with E-state index in [1.54, 1.807) is 23.3 Å². The van der Waals surface area contributed by atoms with Gasteiger partial charge in [-0.25, -0.2) is 0 Å². The molecule has 1 aromatic carbocycles. The minimum atomic E-state index is -0.200. The number of nitrogen functional groups attached to an aromatic ring is 1. The summed E-state index contributed by atoms with van der Waals surface area (Å²) in [7, 11) is 1.73. The monoisotopic (exact) mass is 276 g/mol. The van der Waals surface area contributed by atoms with Crippen molar-refractivity contribution >= 4 is 22.9 Å². The Bertz CT molecular complexity index is 581. The molecular formula is C14H16N2O2S. The minimum absolute atomic E-state index is 0.0331. The average molecular weight is 276 g/mol. The van der Waals surface area contributed by atoms with Crippen LogP contribution in [-0.2, 0) is 0 Å². The molecule has 19 heavy (non-hydrogen) atoms. The molecule has 0 aliphatic carbocycles. The average Bonchev–Trinajstić information content (AvgIpc) is 2.93. The van der Waals surface area contributed by atoms with Crippen molar-refractivity contribution in [3.05, 3.63) is 46.2 Å². The van der Waals surface area contributed by atoms with Gasteiger partial charge in [0.1, 0.15) is 5.75 Å². The maximum absolute atomic E-state index is 12.4. The highest BCUT2D eigenvalue weighted by Crippen LogP contribution is 2.27. The van der Waals surface area contributed by atoms with Gasteiger partial charge in [-0.05, 0) is 36.6 Å². The Morgan fingerprint density at radius 2 is 2.16 bits per heavy atom. The number of benzene rings is 1. The van der Waals surface area contributed by atoms with E-state index >= 15 is 0 Å². The molecule has 0 saturated carbocycles. The highest BCUT2D eigenvalue weighted by Gasteiger charge is 2.21. The number of carbonyl (C=O) groups is 1. The van der Waals surface area contributed by atoms with Gasteiger partial charge in [0.25, 0.3) is 5.91 Å². The Hall–Kier alpha value is -2.01. The molecule has 2 aromatic rings. The lowest BCUT2D eigenvalue weighted by atomic mass is 10.1. The Balaban J connectivity index is 2.26. The molecule has 0 aliphatic heterocycles. The topological polar surface area (TPSA) is 66.6 Å². The van der Waals surface area contributed by atoms with Crippen molar-refractivity contribution in [3.8, 4) is 5.75 Å². The molecule has 100 valence electrons. The molecule has 1 unspecified atom stereocenters. The first-order chi connectivity index (χ1) is 9.00. The number of nitrogens with zero attached hydrogens (tertiary/aromatic N) is 1. The lowest BCUT2D eigenvalue weighted by Gasteiger charge is -2.24. The number of thiophene rings is 1. The highest BCUT2D eigenvalue weighted by molar-refractivity contribution is 7.10. The van der Waals surface area contributed by atoms with Crippen molar-refractivity contribution in [1.29, 1.82) is 0 Å². The number of phenols is 1. The second kappa shape index (κ2) is 5.32. The van der Waals surface area contributed by atoms with Gasteiger partial charge in [0.05, 0.1) is 11.6 Å². The summed E-state index contributed by atoms with van der Waals surface area (Å²) in [5, 5.41) is 11.4. The quantitative estimate of drug-likeness (QED) is 0.669. The van der Waals surface area contributed by atoms with Crippen molar-refractivity contribution in [1.82, 2.24) is 4.90 Å². The summed E-state index contributed by atoms with van der Waals surface area (Å²) in [5.41, 5.74) is 6.48. The Labute approximate surface area is 116 Å². The van der Waals surface area contributed by atoms with E-state index in [9.17, 15) is 9.90 Å². The van der Waals surface area contributed by atoms with E-state index < -0.39 is 0 Å². The van der Waals surface area contributed by atoms with Crippen molar-refractivity contribution in [2.45, 2.75) is 13.0 Å². The molecule has 1 heterocycles. The molecule has 0 spiro atoms. The third-order valence-electron chi connectivity index (χ3n) is 3.12. The van der Waals surface area contributed by atoms with E-state index in [2.05, 4.69) is 0 Å². The Morgan fingerprint density at radius 1 is 1.42 bits per heavy atom. The SMILES string of the molecule is CC(c1cccs1)N(C)C(=O)c1cc(O)ccc1N. The van der Waals surface area contributed by atoms with Crippen molar-refractivity contribution in [3.63, 3.8) is 0 Å². The number of anilines is 1. The number of rotatable bonds is 3. The third kappa shape index (κ3) is 2.71. The summed E-state index contributed by atoms with van der Waals surface area (Å²) < 4.78 is 0. The summed E-state index contributed by atoms with van der Waals surface area (Å²) in [6, 6.07) is 8.31. The standard InChI is InChI=1S/C14H16N2O2S/c1-9(13-4-3-7-19-13)16(2)14(18)11-8-10(17)5-6-12(11)15/h3-9,17H,15H2,1-2H3. The maximum Gasteiger partial charge on any atom is 0.256 e. The summed E-state index contributed by atoms with van der Waals surface area (Å²) >= 11 is 1.60. The van der Waals surface area contributed by atoms with Crippen LogP contribution in [0.3, 0.4) is 0 Å².